The van der Waals surface area contributed by atoms with Crippen molar-refractivity contribution in [1.82, 2.24) is 5.32 Å². The molecule has 0 atom stereocenters. The van der Waals surface area contributed by atoms with Crippen LogP contribution in [0.1, 0.15) is 41.0 Å². The Bertz CT molecular complexity index is 1190. The van der Waals surface area contributed by atoms with Crippen molar-refractivity contribution in [3.63, 3.8) is 0 Å². The number of alkyl carbamates (subject to hydrolysis) is 1. The molecule has 34 heavy (non-hydrogen) atoms. The summed E-state index contributed by atoms with van der Waals surface area (Å²) in [5, 5.41) is 2.78. The second-order valence-electron chi connectivity index (χ2n) is 8.04. The summed E-state index contributed by atoms with van der Waals surface area (Å²) in [7, 11) is 1.39. The van der Waals surface area contributed by atoms with E-state index in [-0.39, 0.29) is 11.9 Å². The van der Waals surface area contributed by atoms with Gasteiger partial charge >= 0.3 is 12.1 Å². The van der Waals surface area contributed by atoms with Crippen LogP contribution in [0.25, 0.3) is 11.1 Å². The lowest BCUT2D eigenvalue weighted by atomic mass is 9.98. The summed E-state index contributed by atoms with van der Waals surface area (Å²) in [6.45, 7) is 0.688. The van der Waals surface area contributed by atoms with Gasteiger partial charge in [-0.25, -0.2) is 4.79 Å². The van der Waals surface area contributed by atoms with Crippen LogP contribution in [0.3, 0.4) is 0 Å². The number of esters is 1. The van der Waals surface area contributed by atoms with Crippen molar-refractivity contribution in [2.45, 2.75) is 25.2 Å². The molecule has 1 N–H and O–H groups in total. The molecule has 0 aromatic heterocycles. The Morgan fingerprint density at radius 3 is 2.26 bits per heavy atom. The number of nitrogens with one attached hydrogen (secondary N) is 1. The number of amides is 1. The Hall–Kier alpha value is -4.04. The first-order valence-electron chi connectivity index (χ1n) is 11.4. The lowest BCUT2D eigenvalue weighted by Gasteiger charge is -2.14. The second kappa shape index (κ2) is 11.2. The van der Waals surface area contributed by atoms with E-state index in [1.54, 1.807) is 0 Å². The Morgan fingerprint density at radius 2 is 1.56 bits per heavy atom. The van der Waals surface area contributed by atoms with Crippen LogP contribution in [0.15, 0.2) is 72.8 Å². The molecular formula is C29H27NO4. The molecule has 4 rings (SSSR count). The highest BCUT2D eigenvalue weighted by Crippen LogP contribution is 2.44. The van der Waals surface area contributed by atoms with Gasteiger partial charge in [-0.3, -0.25) is 4.79 Å². The smallest absolute Gasteiger partial charge is 0.407 e. The Balaban J connectivity index is 1.26. The largest absolute Gasteiger partial charge is 0.469 e. The van der Waals surface area contributed by atoms with Gasteiger partial charge in [0.15, 0.2) is 0 Å². The third-order valence-electron chi connectivity index (χ3n) is 5.93. The topological polar surface area (TPSA) is 64.6 Å². The fourth-order valence-electron chi connectivity index (χ4n) is 4.23. The van der Waals surface area contributed by atoms with Gasteiger partial charge in [0.1, 0.15) is 6.61 Å². The molecule has 3 aromatic rings. The summed E-state index contributed by atoms with van der Waals surface area (Å²) < 4.78 is 10.3. The van der Waals surface area contributed by atoms with Crippen LogP contribution < -0.4 is 5.32 Å². The fraction of sp³-hybridized carbons (Fsp3) is 0.241. The van der Waals surface area contributed by atoms with Gasteiger partial charge in [-0.05, 0) is 40.3 Å². The zero-order valence-electron chi connectivity index (χ0n) is 19.2. The van der Waals surface area contributed by atoms with E-state index in [1.165, 1.54) is 29.4 Å². The summed E-state index contributed by atoms with van der Waals surface area (Å²) in [4.78, 5) is 23.7. The maximum absolute atomic E-state index is 12.3. The molecule has 0 unspecified atom stereocenters. The molecule has 0 radical (unpaired) electrons. The highest BCUT2D eigenvalue weighted by Gasteiger charge is 2.28. The molecule has 0 saturated heterocycles. The van der Waals surface area contributed by atoms with Gasteiger partial charge < -0.3 is 14.8 Å². The summed E-state index contributed by atoms with van der Waals surface area (Å²) >= 11 is 0. The lowest BCUT2D eigenvalue weighted by Crippen LogP contribution is -2.26. The first kappa shape index (κ1) is 23.1. The van der Waals surface area contributed by atoms with E-state index in [0.717, 1.165) is 11.1 Å². The van der Waals surface area contributed by atoms with Crippen LogP contribution in [0.4, 0.5) is 4.79 Å². The molecule has 0 aliphatic heterocycles. The average Bonchev–Trinajstić information content (AvgIpc) is 3.20. The molecule has 5 heteroatoms. The molecule has 172 valence electrons. The van der Waals surface area contributed by atoms with Crippen LogP contribution in [-0.4, -0.2) is 32.3 Å². The fourth-order valence-corrected chi connectivity index (χ4v) is 4.23. The number of methoxy groups -OCH3 is 1. The summed E-state index contributed by atoms with van der Waals surface area (Å²) in [6.07, 6.45) is 0.950. The van der Waals surface area contributed by atoms with Gasteiger partial charge in [0.2, 0.25) is 0 Å². The monoisotopic (exact) mass is 453 g/mol. The van der Waals surface area contributed by atoms with Crippen LogP contribution in [0.2, 0.25) is 0 Å². The predicted molar refractivity (Wildman–Crippen MR) is 131 cm³/mol. The number of carbonyl (C=O) groups excluding carboxylic acids is 2. The van der Waals surface area contributed by atoms with E-state index >= 15 is 0 Å². The van der Waals surface area contributed by atoms with Crippen LogP contribution in [0, 0.1) is 11.8 Å². The third kappa shape index (κ3) is 5.47. The molecule has 5 nitrogen and oxygen atoms in total. The number of aryl methyl sites for hydroxylation is 1. The third-order valence-corrected chi connectivity index (χ3v) is 5.93. The second-order valence-corrected chi connectivity index (χ2v) is 8.04. The van der Waals surface area contributed by atoms with Crippen molar-refractivity contribution in [3.05, 3.63) is 95.1 Å². The van der Waals surface area contributed by atoms with Crippen molar-refractivity contribution in [1.29, 1.82) is 0 Å². The molecule has 0 fully saturated rings. The van der Waals surface area contributed by atoms with E-state index in [0.29, 0.717) is 32.4 Å². The summed E-state index contributed by atoms with van der Waals surface area (Å²) in [5.74, 6) is 6.02. The Kier molecular flexibility index (Phi) is 7.62. The van der Waals surface area contributed by atoms with Gasteiger partial charge in [-0.15, -0.1) is 0 Å². The van der Waals surface area contributed by atoms with Gasteiger partial charge in [0.05, 0.1) is 7.11 Å². The van der Waals surface area contributed by atoms with Crippen molar-refractivity contribution in [2.75, 3.05) is 20.3 Å². The zero-order chi connectivity index (χ0) is 23.8. The lowest BCUT2D eigenvalue weighted by molar-refractivity contribution is -0.140. The summed E-state index contributed by atoms with van der Waals surface area (Å²) in [6, 6.07) is 24.3. The number of ether oxygens (including phenoxy) is 2. The van der Waals surface area contributed by atoms with Crippen molar-refractivity contribution < 1.29 is 19.1 Å². The van der Waals surface area contributed by atoms with Crippen molar-refractivity contribution >= 4 is 12.1 Å². The number of hydrogen-bond acceptors (Lipinski definition) is 4. The molecule has 0 spiro atoms. The number of carbonyl (C=O) groups is 2. The zero-order valence-corrected chi connectivity index (χ0v) is 19.2. The standard InChI is InChI=1S/C29H27NO4/c1-33-28(31)18-17-22-11-3-2-10-21(22)12-8-9-19-30-29(32)34-20-27-25-15-6-4-13-23(25)24-14-5-7-16-26(24)27/h2-7,10-11,13-16,27H,9,17-20H2,1H3,(H,30,32). The van der Waals surface area contributed by atoms with Crippen LogP contribution >= 0.6 is 0 Å². The molecule has 0 bridgehead atoms. The number of fused-ring (bicyclic) bond motifs is 3. The molecule has 0 saturated carbocycles. The SMILES string of the molecule is COC(=O)CCc1ccccc1C#CCCNC(=O)OCC1c2ccccc2-c2ccccc21. The Labute approximate surface area is 200 Å². The Morgan fingerprint density at radius 1 is 0.912 bits per heavy atom. The van der Waals surface area contributed by atoms with Gasteiger partial charge in [-0.2, -0.15) is 0 Å². The minimum atomic E-state index is -0.442. The molecule has 0 heterocycles. The van der Waals surface area contributed by atoms with Crippen molar-refractivity contribution in [3.8, 4) is 23.0 Å². The average molecular weight is 454 g/mol. The van der Waals surface area contributed by atoms with E-state index in [4.69, 9.17) is 9.47 Å². The first-order chi connectivity index (χ1) is 16.7. The number of hydrogen-bond donors (Lipinski definition) is 1. The highest BCUT2D eigenvalue weighted by atomic mass is 16.5. The maximum atomic E-state index is 12.3. The minimum Gasteiger partial charge on any atom is -0.469 e. The van der Waals surface area contributed by atoms with E-state index < -0.39 is 6.09 Å². The highest BCUT2D eigenvalue weighted by molar-refractivity contribution is 5.79. The maximum Gasteiger partial charge on any atom is 0.407 e. The molecule has 1 aliphatic rings. The van der Waals surface area contributed by atoms with Crippen LogP contribution in [0.5, 0.6) is 0 Å². The summed E-state index contributed by atoms with van der Waals surface area (Å²) in [5.41, 5.74) is 6.67. The van der Waals surface area contributed by atoms with Gasteiger partial charge in [0.25, 0.3) is 0 Å². The van der Waals surface area contributed by atoms with E-state index in [1.807, 2.05) is 48.5 Å². The molecule has 1 aliphatic carbocycles. The predicted octanol–water partition coefficient (Wildman–Crippen LogP) is 5.07. The van der Waals surface area contributed by atoms with Crippen molar-refractivity contribution in [2.24, 2.45) is 0 Å². The quantitative estimate of drug-likeness (QED) is 0.308. The van der Waals surface area contributed by atoms with Crippen LogP contribution in [-0.2, 0) is 20.7 Å². The molecule has 3 aromatic carbocycles. The molecular weight excluding hydrogens is 426 g/mol. The van der Waals surface area contributed by atoms with E-state index in [9.17, 15) is 9.59 Å². The van der Waals surface area contributed by atoms with Gasteiger partial charge in [-0.1, -0.05) is 78.6 Å². The van der Waals surface area contributed by atoms with E-state index in [2.05, 4.69) is 41.4 Å². The number of rotatable bonds is 7. The van der Waals surface area contributed by atoms with Gasteiger partial charge in [0, 0.05) is 30.9 Å². The molecule has 1 amide bonds. The first-order valence-corrected chi connectivity index (χ1v) is 11.4. The number of benzene rings is 3. The normalized spacial score (nSPS) is 11.6. The minimum absolute atomic E-state index is 0.0411.